The number of anilines is 1. The zero-order chi connectivity index (χ0) is 21.6. The van der Waals surface area contributed by atoms with Gasteiger partial charge >= 0.3 is 0 Å². The Morgan fingerprint density at radius 2 is 1.87 bits per heavy atom. The molecular weight excluding hydrogens is 398 g/mol. The Morgan fingerprint density at radius 3 is 2.65 bits per heavy atom. The molecular formula is C23H19N3O5. The van der Waals surface area contributed by atoms with Crippen LogP contribution in [0.4, 0.5) is 5.69 Å². The number of furan rings is 1. The molecule has 0 unspecified atom stereocenters. The molecule has 0 saturated heterocycles. The van der Waals surface area contributed by atoms with Gasteiger partial charge in [-0.2, -0.15) is 4.98 Å². The minimum atomic E-state index is -0.316. The van der Waals surface area contributed by atoms with E-state index in [9.17, 15) is 4.79 Å². The van der Waals surface area contributed by atoms with Crippen molar-refractivity contribution in [3.63, 3.8) is 0 Å². The number of hydrogen-bond donors (Lipinski definition) is 1. The normalized spacial score (nSPS) is 10.9. The van der Waals surface area contributed by atoms with E-state index in [1.165, 1.54) is 6.08 Å². The standard InChI is InChI=1S/C23H19N3O5/c1-28-19-11-9-15(14-20(19)29-2)22-25-23(31-26-22)17-7-3-4-8-18(17)24-21(27)12-10-16-6-5-13-30-16/h3-14H,1-2H3,(H,24,27). The highest BCUT2D eigenvalue weighted by molar-refractivity contribution is 6.03. The third-order valence-electron chi connectivity index (χ3n) is 4.43. The molecule has 4 rings (SSSR count). The zero-order valence-corrected chi connectivity index (χ0v) is 16.9. The topological polar surface area (TPSA) is 99.6 Å². The summed E-state index contributed by atoms with van der Waals surface area (Å²) < 4.78 is 21.2. The maximum Gasteiger partial charge on any atom is 0.260 e. The first-order valence-corrected chi connectivity index (χ1v) is 9.36. The Hall–Kier alpha value is -4.33. The molecule has 31 heavy (non-hydrogen) atoms. The minimum absolute atomic E-state index is 0.274. The van der Waals surface area contributed by atoms with E-state index in [1.54, 1.807) is 69.0 Å². The summed E-state index contributed by atoms with van der Waals surface area (Å²) in [6.45, 7) is 0. The molecule has 0 aliphatic heterocycles. The van der Waals surface area contributed by atoms with Crippen molar-refractivity contribution in [2.75, 3.05) is 19.5 Å². The molecule has 0 aliphatic carbocycles. The van der Waals surface area contributed by atoms with Crippen LogP contribution in [0.3, 0.4) is 0 Å². The van der Waals surface area contributed by atoms with Gasteiger partial charge in [0.2, 0.25) is 11.7 Å². The lowest BCUT2D eigenvalue weighted by Gasteiger charge is -2.07. The van der Waals surface area contributed by atoms with E-state index in [4.69, 9.17) is 18.4 Å². The molecule has 1 N–H and O–H groups in total. The van der Waals surface area contributed by atoms with Crippen molar-refractivity contribution < 1.29 is 23.2 Å². The Morgan fingerprint density at radius 1 is 1.03 bits per heavy atom. The van der Waals surface area contributed by atoms with Crippen molar-refractivity contribution in [1.82, 2.24) is 10.1 Å². The lowest BCUT2D eigenvalue weighted by molar-refractivity contribution is -0.111. The van der Waals surface area contributed by atoms with Gasteiger partial charge in [-0.3, -0.25) is 4.79 Å². The van der Waals surface area contributed by atoms with Gasteiger partial charge in [-0.05, 0) is 48.5 Å². The third kappa shape index (κ3) is 4.48. The van der Waals surface area contributed by atoms with Crippen LogP contribution >= 0.6 is 0 Å². The summed E-state index contributed by atoms with van der Waals surface area (Å²) >= 11 is 0. The maximum absolute atomic E-state index is 12.3. The molecule has 0 radical (unpaired) electrons. The number of carbonyl (C=O) groups excluding carboxylic acids is 1. The Balaban J connectivity index is 1.57. The highest BCUT2D eigenvalue weighted by atomic mass is 16.5. The molecule has 2 aromatic heterocycles. The molecule has 156 valence electrons. The molecule has 0 bridgehead atoms. The monoisotopic (exact) mass is 417 g/mol. The molecule has 0 atom stereocenters. The van der Waals surface area contributed by atoms with Crippen LogP contribution in [0.5, 0.6) is 11.5 Å². The van der Waals surface area contributed by atoms with Crippen LogP contribution in [-0.2, 0) is 4.79 Å². The number of nitrogens with zero attached hydrogens (tertiary/aromatic N) is 2. The van der Waals surface area contributed by atoms with E-state index in [-0.39, 0.29) is 11.8 Å². The summed E-state index contributed by atoms with van der Waals surface area (Å²) in [6, 6.07) is 16.0. The highest BCUT2D eigenvalue weighted by Crippen LogP contribution is 2.33. The van der Waals surface area contributed by atoms with Gasteiger partial charge in [-0.15, -0.1) is 0 Å². The first-order valence-electron chi connectivity index (χ1n) is 9.36. The van der Waals surface area contributed by atoms with E-state index in [1.807, 2.05) is 12.1 Å². The molecule has 1 amide bonds. The number of aromatic nitrogens is 2. The van der Waals surface area contributed by atoms with E-state index in [2.05, 4.69) is 15.5 Å². The van der Waals surface area contributed by atoms with Crippen LogP contribution in [0.25, 0.3) is 28.9 Å². The van der Waals surface area contributed by atoms with Gasteiger partial charge < -0.3 is 23.7 Å². The highest BCUT2D eigenvalue weighted by Gasteiger charge is 2.16. The summed E-state index contributed by atoms with van der Waals surface area (Å²) in [7, 11) is 3.13. The molecule has 4 aromatic rings. The van der Waals surface area contributed by atoms with Crippen LogP contribution in [0.15, 0.2) is 75.9 Å². The van der Waals surface area contributed by atoms with Crippen LogP contribution in [0, 0.1) is 0 Å². The molecule has 2 heterocycles. The number of nitrogens with one attached hydrogen (secondary N) is 1. The molecule has 2 aromatic carbocycles. The minimum Gasteiger partial charge on any atom is -0.493 e. The number of benzene rings is 2. The summed E-state index contributed by atoms with van der Waals surface area (Å²) in [5.74, 6) is 2.09. The van der Waals surface area contributed by atoms with Crippen molar-refractivity contribution in [3.05, 3.63) is 72.7 Å². The second-order valence-electron chi connectivity index (χ2n) is 6.38. The summed E-state index contributed by atoms with van der Waals surface area (Å²) in [6.07, 6.45) is 4.51. The fourth-order valence-corrected chi connectivity index (χ4v) is 2.92. The largest absolute Gasteiger partial charge is 0.493 e. The average molecular weight is 417 g/mol. The van der Waals surface area contributed by atoms with E-state index in [0.29, 0.717) is 39.9 Å². The molecule has 0 aliphatic rings. The Kier molecular flexibility index (Phi) is 5.79. The van der Waals surface area contributed by atoms with Gasteiger partial charge in [0.1, 0.15) is 5.76 Å². The number of ether oxygens (including phenoxy) is 2. The zero-order valence-electron chi connectivity index (χ0n) is 16.9. The number of methoxy groups -OCH3 is 2. The van der Waals surface area contributed by atoms with E-state index in [0.717, 1.165) is 0 Å². The summed E-state index contributed by atoms with van der Waals surface area (Å²) in [5.41, 5.74) is 1.84. The Labute approximate surface area is 178 Å². The molecule has 8 nitrogen and oxygen atoms in total. The van der Waals surface area contributed by atoms with Crippen molar-refractivity contribution in [2.45, 2.75) is 0 Å². The second kappa shape index (κ2) is 9.00. The van der Waals surface area contributed by atoms with Crippen molar-refractivity contribution in [2.24, 2.45) is 0 Å². The summed E-state index contributed by atoms with van der Waals surface area (Å²) in [5, 5.41) is 6.88. The number of amides is 1. The Bertz CT molecular complexity index is 1210. The van der Waals surface area contributed by atoms with Gasteiger partial charge in [0.25, 0.3) is 5.89 Å². The quantitative estimate of drug-likeness (QED) is 0.436. The van der Waals surface area contributed by atoms with E-state index >= 15 is 0 Å². The number of carbonyl (C=O) groups is 1. The number of hydrogen-bond acceptors (Lipinski definition) is 7. The third-order valence-corrected chi connectivity index (χ3v) is 4.43. The van der Waals surface area contributed by atoms with Gasteiger partial charge in [-0.25, -0.2) is 0 Å². The first kappa shape index (κ1) is 20.0. The molecule has 8 heteroatoms. The summed E-state index contributed by atoms with van der Waals surface area (Å²) in [4.78, 5) is 16.8. The van der Waals surface area contributed by atoms with Crippen molar-refractivity contribution >= 4 is 17.7 Å². The number of rotatable bonds is 7. The second-order valence-corrected chi connectivity index (χ2v) is 6.38. The predicted molar refractivity (Wildman–Crippen MR) is 115 cm³/mol. The lowest BCUT2D eigenvalue weighted by atomic mass is 10.1. The SMILES string of the molecule is COc1ccc(-c2noc(-c3ccccc3NC(=O)C=Cc3ccco3)n2)cc1OC. The van der Waals surface area contributed by atoms with E-state index < -0.39 is 0 Å². The van der Waals surface area contributed by atoms with Gasteiger partial charge in [-0.1, -0.05) is 17.3 Å². The van der Waals surface area contributed by atoms with Gasteiger partial charge in [0.15, 0.2) is 11.5 Å². The molecule has 0 spiro atoms. The van der Waals surface area contributed by atoms with Gasteiger partial charge in [0, 0.05) is 11.6 Å². The molecule has 0 saturated carbocycles. The van der Waals surface area contributed by atoms with Crippen LogP contribution in [-0.4, -0.2) is 30.3 Å². The fourth-order valence-electron chi connectivity index (χ4n) is 2.92. The van der Waals surface area contributed by atoms with Crippen LogP contribution in [0.1, 0.15) is 5.76 Å². The van der Waals surface area contributed by atoms with Crippen molar-refractivity contribution in [3.8, 4) is 34.3 Å². The smallest absolute Gasteiger partial charge is 0.260 e. The predicted octanol–water partition coefficient (Wildman–Crippen LogP) is 4.67. The maximum atomic E-state index is 12.3. The average Bonchev–Trinajstić information content (AvgIpc) is 3.50. The van der Waals surface area contributed by atoms with Crippen molar-refractivity contribution in [1.29, 1.82) is 0 Å². The first-order chi connectivity index (χ1) is 15.2. The molecule has 0 fully saturated rings. The van der Waals surface area contributed by atoms with Crippen LogP contribution in [0.2, 0.25) is 0 Å². The number of para-hydroxylation sites is 1. The fraction of sp³-hybridized carbons (Fsp3) is 0.0870. The van der Waals surface area contributed by atoms with Gasteiger partial charge in [0.05, 0.1) is 31.7 Å². The van der Waals surface area contributed by atoms with Crippen LogP contribution < -0.4 is 14.8 Å². The lowest BCUT2D eigenvalue weighted by Crippen LogP contribution is -2.08.